The molecule has 0 saturated heterocycles. The van der Waals surface area contributed by atoms with Crippen molar-refractivity contribution < 1.29 is 15.0 Å². The summed E-state index contributed by atoms with van der Waals surface area (Å²) in [6, 6.07) is 4.08. The Morgan fingerprint density at radius 1 is 1.33 bits per heavy atom. The number of carbonyl (C=O) groups is 1. The number of carboxylic acid groups (broad SMARTS) is 1. The molecule has 1 aromatic carbocycles. The van der Waals surface area contributed by atoms with Gasteiger partial charge in [-0.05, 0) is 12.1 Å². The van der Waals surface area contributed by atoms with Gasteiger partial charge in [0.05, 0.1) is 5.52 Å². The third-order valence-electron chi connectivity index (χ3n) is 2.09. The number of aromatic amines is 1. The molecule has 2 aromatic rings. The molecule has 0 unspecified atom stereocenters. The monoisotopic (exact) mass is 205 g/mol. The summed E-state index contributed by atoms with van der Waals surface area (Å²) in [6.07, 6.45) is 1.12. The summed E-state index contributed by atoms with van der Waals surface area (Å²) < 4.78 is 0. The molecular weight excluding hydrogens is 198 g/mol. The molecule has 1 aromatic heterocycles. The van der Waals surface area contributed by atoms with Gasteiger partial charge < -0.3 is 15.2 Å². The van der Waals surface area contributed by atoms with Gasteiger partial charge >= 0.3 is 5.97 Å². The zero-order valence-electron chi connectivity index (χ0n) is 7.52. The van der Waals surface area contributed by atoms with E-state index in [1.807, 2.05) is 0 Å². The van der Waals surface area contributed by atoms with Crippen molar-refractivity contribution in [2.45, 2.75) is 0 Å². The van der Waals surface area contributed by atoms with Crippen LogP contribution in [0.2, 0.25) is 0 Å². The van der Waals surface area contributed by atoms with Gasteiger partial charge in [-0.15, -0.1) is 0 Å². The number of phenolic OH excluding ortho intramolecular Hbond substituents is 1. The zero-order valence-corrected chi connectivity index (χ0v) is 7.52. The molecule has 0 radical (unpaired) electrons. The van der Waals surface area contributed by atoms with E-state index in [4.69, 9.17) is 10.2 Å². The normalized spacial score (nSPS) is 10.4. The van der Waals surface area contributed by atoms with Crippen molar-refractivity contribution >= 4 is 16.9 Å². The Morgan fingerprint density at radius 3 is 2.73 bits per heavy atom. The molecular formula is C10H7NO4. The Morgan fingerprint density at radius 2 is 2.07 bits per heavy atom. The molecule has 0 fully saturated rings. The van der Waals surface area contributed by atoms with E-state index in [0.29, 0.717) is 5.52 Å². The van der Waals surface area contributed by atoms with Crippen LogP contribution in [0.25, 0.3) is 10.9 Å². The second-order valence-electron chi connectivity index (χ2n) is 3.07. The highest BCUT2D eigenvalue weighted by atomic mass is 16.4. The SMILES string of the molecule is O=C(O)c1c[nH]c2cc(O)ccc2c1=O. The quantitative estimate of drug-likeness (QED) is 0.646. The minimum atomic E-state index is -1.27. The highest BCUT2D eigenvalue weighted by Gasteiger charge is 2.10. The molecule has 0 atom stereocenters. The average Bonchev–Trinajstić information content (AvgIpc) is 2.17. The lowest BCUT2D eigenvalue weighted by Gasteiger charge is -1.99. The smallest absolute Gasteiger partial charge is 0.341 e. The van der Waals surface area contributed by atoms with Crippen LogP contribution in [0.3, 0.4) is 0 Å². The van der Waals surface area contributed by atoms with Gasteiger partial charge in [-0.3, -0.25) is 4.79 Å². The van der Waals surface area contributed by atoms with Gasteiger partial charge in [-0.2, -0.15) is 0 Å². The van der Waals surface area contributed by atoms with Gasteiger partial charge in [0.15, 0.2) is 0 Å². The van der Waals surface area contributed by atoms with Gasteiger partial charge in [0.1, 0.15) is 11.3 Å². The Balaban J connectivity index is 2.86. The van der Waals surface area contributed by atoms with Crippen LogP contribution >= 0.6 is 0 Å². The van der Waals surface area contributed by atoms with Crippen molar-refractivity contribution in [1.82, 2.24) is 4.98 Å². The number of rotatable bonds is 1. The lowest BCUT2D eigenvalue weighted by atomic mass is 10.1. The van der Waals surface area contributed by atoms with Crippen molar-refractivity contribution in [2.75, 3.05) is 0 Å². The number of H-pyrrole nitrogens is 1. The number of aromatic carboxylic acids is 1. The summed E-state index contributed by atoms with van der Waals surface area (Å²) in [4.78, 5) is 24.9. The number of phenols is 1. The van der Waals surface area contributed by atoms with Gasteiger partial charge in [-0.1, -0.05) is 0 Å². The van der Waals surface area contributed by atoms with Gasteiger partial charge in [0.2, 0.25) is 5.43 Å². The fourth-order valence-electron chi connectivity index (χ4n) is 1.37. The Hall–Kier alpha value is -2.30. The van der Waals surface area contributed by atoms with Crippen LogP contribution < -0.4 is 5.43 Å². The Bertz CT molecular complexity index is 600. The summed E-state index contributed by atoms with van der Waals surface area (Å²) in [6.45, 7) is 0. The molecule has 0 spiro atoms. The third kappa shape index (κ3) is 1.43. The molecule has 1 heterocycles. The largest absolute Gasteiger partial charge is 0.508 e. The topological polar surface area (TPSA) is 90.4 Å². The first-order valence-electron chi connectivity index (χ1n) is 4.17. The average molecular weight is 205 g/mol. The van der Waals surface area contributed by atoms with E-state index in [1.165, 1.54) is 18.2 Å². The number of benzene rings is 1. The van der Waals surface area contributed by atoms with Crippen LogP contribution in [-0.4, -0.2) is 21.2 Å². The predicted octanol–water partition coefficient (Wildman–Crippen LogP) is 0.932. The molecule has 76 valence electrons. The number of aromatic nitrogens is 1. The molecule has 2 rings (SSSR count). The summed E-state index contributed by atoms with van der Waals surface area (Å²) in [5.74, 6) is -1.26. The molecule has 0 aliphatic carbocycles. The Kier molecular flexibility index (Phi) is 1.93. The van der Waals surface area contributed by atoms with Crippen LogP contribution in [0.15, 0.2) is 29.2 Å². The maximum Gasteiger partial charge on any atom is 0.341 e. The highest BCUT2D eigenvalue weighted by molar-refractivity contribution is 5.92. The number of carboxylic acids is 1. The maximum atomic E-state index is 11.6. The predicted molar refractivity (Wildman–Crippen MR) is 53.2 cm³/mol. The summed E-state index contributed by atoms with van der Waals surface area (Å²) in [5, 5.41) is 18.1. The summed E-state index contributed by atoms with van der Waals surface area (Å²) in [7, 11) is 0. The number of hydrogen-bond acceptors (Lipinski definition) is 3. The van der Waals surface area contributed by atoms with Gasteiger partial charge in [-0.25, -0.2) is 4.79 Å². The first-order valence-corrected chi connectivity index (χ1v) is 4.17. The lowest BCUT2D eigenvalue weighted by Crippen LogP contribution is -2.15. The van der Waals surface area contributed by atoms with E-state index in [2.05, 4.69) is 4.98 Å². The van der Waals surface area contributed by atoms with Crippen LogP contribution in [-0.2, 0) is 0 Å². The van der Waals surface area contributed by atoms with Crippen LogP contribution in [0.1, 0.15) is 10.4 Å². The number of pyridine rings is 1. The number of hydrogen-bond donors (Lipinski definition) is 3. The van der Waals surface area contributed by atoms with Crippen LogP contribution in [0.5, 0.6) is 5.75 Å². The van der Waals surface area contributed by atoms with Crippen LogP contribution in [0, 0.1) is 0 Å². The molecule has 0 amide bonds. The minimum Gasteiger partial charge on any atom is -0.508 e. The molecule has 15 heavy (non-hydrogen) atoms. The number of nitrogens with one attached hydrogen (secondary N) is 1. The van der Waals surface area contributed by atoms with E-state index in [9.17, 15) is 9.59 Å². The fourth-order valence-corrected chi connectivity index (χ4v) is 1.37. The van der Waals surface area contributed by atoms with E-state index >= 15 is 0 Å². The molecule has 0 saturated carbocycles. The van der Waals surface area contributed by atoms with E-state index in [0.717, 1.165) is 6.20 Å². The van der Waals surface area contributed by atoms with Crippen molar-refractivity contribution in [3.05, 3.63) is 40.2 Å². The van der Waals surface area contributed by atoms with E-state index < -0.39 is 11.4 Å². The standard InChI is InChI=1S/C10H7NO4/c12-5-1-2-6-8(3-5)11-4-7(9(6)13)10(14)15/h1-4,12H,(H,11,13)(H,14,15). The lowest BCUT2D eigenvalue weighted by molar-refractivity contribution is 0.0695. The summed E-state index contributed by atoms with van der Waals surface area (Å²) >= 11 is 0. The molecule has 5 nitrogen and oxygen atoms in total. The first-order chi connectivity index (χ1) is 7.09. The minimum absolute atomic E-state index is 0.0150. The van der Waals surface area contributed by atoms with Crippen molar-refractivity contribution in [2.24, 2.45) is 0 Å². The highest BCUT2D eigenvalue weighted by Crippen LogP contribution is 2.15. The summed E-state index contributed by atoms with van der Waals surface area (Å²) in [5.41, 5.74) is -0.463. The second-order valence-corrected chi connectivity index (χ2v) is 3.07. The molecule has 0 aliphatic heterocycles. The second kappa shape index (κ2) is 3.13. The van der Waals surface area contributed by atoms with Crippen molar-refractivity contribution in [1.29, 1.82) is 0 Å². The molecule has 0 aliphatic rings. The van der Waals surface area contributed by atoms with Crippen molar-refractivity contribution in [3.63, 3.8) is 0 Å². The van der Waals surface area contributed by atoms with Gasteiger partial charge in [0, 0.05) is 17.6 Å². The van der Waals surface area contributed by atoms with E-state index in [-0.39, 0.29) is 16.7 Å². The maximum absolute atomic E-state index is 11.6. The fraction of sp³-hybridized carbons (Fsp3) is 0. The number of aromatic hydroxyl groups is 1. The molecule has 3 N–H and O–H groups in total. The number of fused-ring (bicyclic) bond motifs is 1. The first kappa shape index (κ1) is 9.26. The molecule has 5 heteroatoms. The van der Waals surface area contributed by atoms with Gasteiger partial charge in [0.25, 0.3) is 0 Å². The third-order valence-corrected chi connectivity index (χ3v) is 2.09. The Labute approximate surface area is 83.6 Å². The van der Waals surface area contributed by atoms with Crippen LogP contribution in [0.4, 0.5) is 0 Å². The zero-order chi connectivity index (χ0) is 11.0. The van der Waals surface area contributed by atoms with E-state index in [1.54, 1.807) is 0 Å². The van der Waals surface area contributed by atoms with Crippen molar-refractivity contribution in [3.8, 4) is 5.75 Å². The molecule has 0 bridgehead atoms.